The van der Waals surface area contributed by atoms with Crippen LogP contribution in [0.1, 0.15) is 17.8 Å². The van der Waals surface area contributed by atoms with E-state index in [0.717, 1.165) is 17.8 Å². The van der Waals surface area contributed by atoms with Crippen LogP contribution >= 0.6 is 19.1 Å². The van der Waals surface area contributed by atoms with E-state index in [1.165, 1.54) is 12.1 Å². The normalized spacial score (nSPS) is 14.9. The number of benzene rings is 1. The highest BCUT2D eigenvalue weighted by Crippen LogP contribution is 2.54. The van der Waals surface area contributed by atoms with E-state index in [-0.39, 0.29) is 35.3 Å². The molecular weight excluding hydrogens is 347 g/mol. The van der Waals surface area contributed by atoms with Crippen molar-refractivity contribution in [2.45, 2.75) is 17.2 Å². The highest BCUT2D eigenvalue weighted by atomic mass is 32.2. The summed E-state index contributed by atoms with van der Waals surface area (Å²) >= 11 is 0.754. The first-order valence-corrected chi connectivity index (χ1v) is 9.41. The lowest BCUT2D eigenvalue weighted by Gasteiger charge is -2.18. The van der Waals surface area contributed by atoms with Crippen molar-refractivity contribution in [2.75, 3.05) is 18.5 Å². The number of aliphatic hydroxyl groups excluding tert-OH is 1. The van der Waals surface area contributed by atoms with Crippen molar-refractivity contribution in [1.29, 1.82) is 0 Å². The summed E-state index contributed by atoms with van der Waals surface area (Å²) in [6.45, 7) is 0.183. The Kier molecular flexibility index (Phi) is 7.17. The molecule has 2 atom stereocenters. The van der Waals surface area contributed by atoms with Gasteiger partial charge in [0.15, 0.2) is 5.85 Å². The number of hydrogen-bond donors (Lipinski definition) is 4. The summed E-state index contributed by atoms with van der Waals surface area (Å²) in [6, 6.07) is 3.51. The van der Waals surface area contributed by atoms with Crippen LogP contribution in [0.3, 0.4) is 0 Å². The number of aliphatic carboxylic acids is 1. The number of carboxylic acids is 1. The molecule has 0 saturated carbocycles. The summed E-state index contributed by atoms with van der Waals surface area (Å²) < 4.78 is 12.1. The molecule has 0 aliphatic heterocycles. The van der Waals surface area contributed by atoms with Crippen molar-refractivity contribution in [2.24, 2.45) is 5.73 Å². The minimum atomic E-state index is -3.97. The molecule has 0 spiro atoms. The fourth-order valence-electron chi connectivity index (χ4n) is 1.77. The first-order chi connectivity index (χ1) is 10.7. The molecule has 0 aromatic heterocycles. The highest BCUT2D eigenvalue weighted by molar-refractivity contribution is 8.00. The molecule has 0 amide bonds. The quantitative estimate of drug-likeness (QED) is 0.219. The number of aliphatic hydroxyl groups is 1. The SMILES string of the molecule is NCCCP(=O)(O)C(O)c1ccc(SCC(=O)O)c([N+](=O)[O-])c1. The fraction of sp³-hybridized carbons (Fsp3) is 0.417. The van der Waals surface area contributed by atoms with Gasteiger partial charge in [-0.25, -0.2) is 0 Å². The summed E-state index contributed by atoms with van der Waals surface area (Å²) in [5.41, 5.74) is 4.77. The molecule has 0 aliphatic rings. The standard InChI is InChI=1S/C12H17N2O7PS/c13-4-1-5-22(20,21)12(17)8-2-3-10(23-7-11(15)16)9(6-8)14(18)19/h2-3,6,12,17H,1,4-5,7,13H2,(H,15,16)(H,20,21). The molecule has 0 heterocycles. The zero-order valence-electron chi connectivity index (χ0n) is 12.0. The second-order valence-corrected chi connectivity index (χ2v) is 8.13. The van der Waals surface area contributed by atoms with E-state index in [1.54, 1.807) is 0 Å². The molecule has 1 aromatic rings. The van der Waals surface area contributed by atoms with E-state index in [0.29, 0.717) is 0 Å². The molecule has 5 N–H and O–H groups in total. The summed E-state index contributed by atoms with van der Waals surface area (Å²) in [7, 11) is -3.97. The van der Waals surface area contributed by atoms with Crippen LogP contribution < -0.4 is 5.73 Å². The van der Waals surface area contributed by atoms with Crippen LogP contribution in [0.4, 0.5) is 5.69 Å². The van der Waals surface area contributed by atoms with Gasteiger partial charge in [0.05, 0.1) is 15.6 Å². The lowest BCUT2D eigenvalue weighted by Crippen LogP contribution is -2.07. The van der Waals surface area contributed by atoms with Gasteiger partial charge in [-0.1, -0.05) is 6.07 Å². The zero-order valence-corrected chi connectivity index (χ0v) is 13.7. The zero-order chi connectivity index (χ0) is 17.6. The Morgan fingerprint density at radius 3 is 2.65 bits per heavy atom. The Hall–Kier alpha value is -1.45. The molecule has 0 aliphatic carbocycles. The van der Waals surface area contributed by atoms with Gasteiger partial charge in [0, 0.05) is 12.2 Å². The number of carbonyl (C=O) groups is 1. The van der Waals surface area contributed by atoms with Gasteiger partial charge in [-0.15, -0.1) is 11.8 Å². The number of nitro groups is 1. The molecule has 2 unspecified atom stereocenters. The van der Waals surface area contributed by atoms with Crippen molar-refractivity contribution in [3.63, 3.8) is 0 Å². The highest BCUT2D eigenvalue weighted by Gasteiger charge is 2.31. The third-order valence-corrected chi connectivity index (χ3v) is 5.96. The molecular formula is C12H17N2O7PS. The van der Waals surface area contributed by atoms with E-state index < -0.39 is 29.8 Å². The molecule has 0 saturated heterocycles. The van der Waals surface area contributed by atoms with E-state index in [9.17, 15) is 29.5 Å². The lowest BCUT2D eigenvalue weighted by molar-refractivity contribution is -0.387. The summed E-state index contributed by atoms with van der Waals surface area (Å²) in [4.78, 5) is 30.8. The van der Waals surface area contributed by atoms with Crippen LogP contribution in [-0.2, 0) is 9.36 Å². The Morgan fingerprint density at radius 2 is 2.13 bits per heavy atom. The molecule has 0 bridgehead atoms. The van der Waals surface area contributed by atoms with Gasteiger partial charge < -0.3 is 20.8 Å². The van der Waals surface area contributed by atoms with Gasteiger partial charge in [0.2, 0.25) is 7.37 Å². The lowest BCUT2D eigenvalue weighted by atomic mass is 10.2. The largest absolute Gasteiger partial charge is 0.481 e. The minimum Gasteiger partial charge on any atom is -0.481 e. The van der Waals surface area contributed by atoms with Crippen LogP contribution in [-0.4, -0.2) is 44.5 Å². The van der Waals surface area contributed by atoms with Gasteiger partial charge in [-0.3, -0.25) is 19.5 Å². The number of hydrogen-bond acceptors (Lipinski definition) is 7. The maximum Gasteiger partial charge on any atom is 0.313 e. The Labute approximate surface area is 136 Å². The van der Waals surface area contributed by atoms with Crippen molar-refractivity contribution in [3.8, 4) is 0 Å². The van der Waals surface area contributed by atoms with Gasteiger partial charge in [0.25, 0.3) is 5.69 Å². The molecule has 11 heteroatoms. The van der Waals surface area contributed by atoms with Crippen LogP contribution in [0.2, 0.25) is 0 Å². The van der Waals surface area contributed by atoms with Gasteiger partial charge in [0.1, 0.15) is 0 Å². The molecule has 23 heavy (non-hydrogen) atoms. The number of rotatable bonds is 9. The van der Waals surface area contributed by atoms with E-state index in [2.05, 4.69) is 0 Å². The van der Waals surface area contributed by atoms with Crippen molar-refractivity contribution < 1.29 is 29.4 Å². The maximum atomic E-state index is 12.1. The first kappa shape index (κ1) is 19.6. The molecule has 0 radical (unpaired) electrons. The predicted molar refractivity (Wildman–Crippen MR) is 84.8 cm³/mol. The van der Waals surface area contributed by atoms with Crippen LogP contribution in [0.25, 0.3) is 0 Å². The predicted octanol–water partition coefficient (Wildman–Crippen LogP) is 1.38. The smallest absolute Gasteiger partial charge is 0.313 e. The van der Waals surface area contributed by atoms with Gasteiger partial charge in [-0.05, 0) is 24.6 Å². The van der Waals surface area contributed by atoms with Crippen molar-refractivity contribution in [3.05, 3.63) is 33.9 Å². The Balaban J connectivity index is 3.09. The van der Waals surface area contributed by atoms with Gasteiger partial charge in [-0.2, -0.15) is 0 Å². The van der Waals surface area contributed by atoms with E-state index in [4.69, 9.17) is 10.8 Å². The topological polar surface area (TPSA) is 164 Å². The number of nitrogens with zero attached hydrogens (tertiary/aromatic N) is 1. The second-order valence-electron chi connectivity index (χ2n) is 4.66. The van der Waals surface area contributed by atoms with Crippen LogP contribution in [0.15, 0.2) is 23.1 Å². The monoisotopic (exact) mass is 364 g/mol. The molecule has 128 valence electrons. The fourth-order valence-corrected chi connectivity index (χ4v) is 4.00. The third kappa shape index (κ3) is 5.60. The maximum absolute atomic E-state index is 12.1. The summed E-state index contributed by atoms with van der Waals surface area (Å²) in [5, 5.41) is 29.7. The van der Waals surface area contributed by atoms with E-state index >= 15 is 0 Å². The van der Waals surface area contributed by atoms with Gasteiger partial charge >= 0.3 is 5.97 Å². The molecule has 9 nitrogen and oxygen atoms in total. The van der Waals surface area contributed by atoms with Crippen molar-refractivity contribution >= 4 is 30.8 Å². The molecule has 1 aromatic carbocycles. The second kappa shape index (κ2) is 8.42. The number of nitro benzene ring substituents is 1. The van der Waals surface area contributed by atoms with Crippen molar-refractivity contribution in [1.82, 2.24) is 0 Å². The number of nitrogens with two attached hydrogens (primary N) is 1. The average Bonchev–Trinajstić information content (AvgIpc) is 2.49. The molecule has 0 fully saturated rings. The average molecular weight is 364 g/mol. The number of carboxylic acid groups (broad SMARTS) is 1. The summed E-state index contributed by atoms with van der Waals surface area (Å²) in [5.74, 6) is -3.25. The summed E-state index contributed by atoms with van der Waals surface area (Å²) in [6.07, 6.45) is 0.0352. The van der Waals surface area contributed by atoms with Crippen LogP contribution in [0, 0.1) is 10.1 Å². The Morgan fingerprint density at radius 1 is 1.48 bits per heavy atom. The van der Waals surface area contributed by atoms with Crippen LogP contribution in [0.5, 0.6) is 0 Å². The Bertz CT molecular complexity index is 640. The minimum absolute atomic E-state index is 0.0702. The van der Waals surface area contributed by atoms with E-state index in [1.807, 2.05) is 0 Å². The number of thioether (sulfide) groups is 1. The molecule has 1 rings (SSSR count). The first-order valence-electron chi connectivity index (χ1n) is 6.51. The third-order valence-electron chi connectivity index (χ3n) is 2.89.